The highest BCUT2D eigenvalue weighted by atomic mass is 14.8. The first kappa shape index (κ1) is 16.0. The van der Waals surface area contributed by atoms with Gasteiger partial charge in [-0.3, -0.25) is 0 Å². The monoisotopic (exact) mass is 377 g/mol. The number of fused-ring (bicyclic) bond motifs is 11. The fourth-order valence-electron chi connectivity index (χ4n) is 3.80. The zero-order valence-corrected chi connectivity index (χ0v) is 15.7. The molecule has 0 fully saturated rings. The molecule has 140 valence electrons. The predicted octanol–water partition coefficient (Wildman–Crippen LogP) is 3.23. The highest BCUT2D eigenvalue weighted by Gasteiger charge is 2.10. The molecule has 4 aromatic rings. The van der Waals surface area contributed by atoms with Gasteiger partial charge in [0, 0.05) is 34.2 Å². The number of H-pyrrole nitrogens is 4. The van der Waals surface area contributed by atoms with Crippen molar-refractivity contribution in [3.05, 3.63) is 99.9 Å². The van der Waals surface area contributed by atoms with E-state index < -0.39 is 0 Å². The number of aromatic nitrogens is 4. The van der Waals surface area contributed by atoms with E-state index in [-0.39, 0.29) is 0 Å². The van der Waals surface area contributed by atoms with Gasteiger partial charge in [0.05, 0.1) is 28.5 Å². The van der Waals surface area contributed by atoms with E-state index in [0.717, 1.165) is 62.7 Å². The van der Waals surface area contributed by atoms with Crippen LogP contribution in [0.15, 0.2) is 71.4 Å². The molecule has 5 heteroatoms. The van der Waals surface area contributed by atoms with Gasteiger partial charge in [0.1, 0.15) is 0 Å². The summed E-state index contributed by atoms with van der Waals surface area (Å²) in [6.45, 7) is 0. The van der Waals surface area contributed by atoms with Gasteiger partial charge in [0.25, 0.3) is 0 Å². The van der Waals surface area contributed by atoms with Gasteiger partial charge < -0.3 is 19.9 Å². The van der Waals surface area contributed by atoms with Gasteiger partial charge >= 0.3 is 0 Å². The van der Waals surface area contributed by atoms with Crippen LogP contribution in [0, 0.1) is 0 Å². The number of nitrogens with zero attached hydrogens (tertiary/aromatic N) is 1. The SMILES string of the molecule is C1=C/C2=C/c3ccc([nH]3)-c3ccc([nH]3)/C=c3\ccc([nH]3)=CCc3ccc([nH]3)C1=N2. The second-order valence-corrected chi connectivity index (χ2v) is 7.37. The van der Waals surface area contributed by atoms with Crippen molar-refractivity contribution in [3.63, 3.8) is 0 Å². The minimum atomic E-state index is 0.831. The van der Waals surface area contributed by atoms with Crippen molar-refractivity contribution in [2.45, 2.75) is 6.42 Å². The number of hydrogen-bond donors (Lipinski definition) is 4. The van der Waals surface area contributed by atoms with E-state index in [9.17, 15) is 0 Å². The zero-order valence-electron chi connectivity index (χ0n) is 15.7. The smallest absolute Gasteiger partial charge is 0.0872 e. The van der Waals surface area contributed by atoms with E-state index >= 15 is 0 Å². The number of allylic oxidation sites excluding steroid dienone is 2. The van der Waals surface area contributed by atoms with Gasteiger partial charge in [-0.15, -0.1) is 0 Å². The second-order valence-electron chi connectivity index (χ2n) is 7.37. The Labute approximate surface area is 166 Å². The molecule has 2 aliphatic heterocycles. The molecule has 0 radical (unpaired) electrons. The first-order valence-corrected chi connectivity index (χ1v) is 9.71. The Kier molecular flexibility index (Phi) is 3.46. The van der Waals surface area contributed by atoms with Crippen LogP contribution in [0.3, 0.4) is 0 Å². The maximum absolute atomic E-state index is 4.76. The number of rotatable bonds is 0. The van der Waals surface area contributed by atoms with E-state index in [1.54, 1.807) is 0 Å². The minimum absolute atomic E-state index is 0.831. The molecule has 6 heterocycles. The molecule has 0 saturated heterocycles. The summed E-state index contributed by atoms with van der Waals surface area (Å²) in [4.78, 5) is 18.6. The predicted molar refractivity (Wildman–Crippen MR) is 117 cm³/mol. The molecule has 10 bridgehead atoms. The lowest BCUT2D eigenvalue weighted by atomic mass is 10.2. The maximum Gasteiger partial charge on any atom is 0.0872 e. The average molecular weight is 377 g/mol. The summed E-state index contributed by atoms with van der Waals surface area (Å²) in [6, 6.07) is 16.8. The van der Waals surface area contributed by atoms with Gasteiger partial charge in [0.2, 0.25) is 0 Å². The van der Waals surface area contributed by atoms with Crippen LogP contribution in [0.4, 0.5) is 0 Å². The third kappa shape index (κ3) is 3.02. The van der Waals surface area contributed by atoms with Crippen LogP contribution >= 0.6 is 0 Å². The average Bonchev–Trinajstić information content (AvgIpc) is 3.51. The van der Waals surface area contributed by atoms with Crippen LogP contribution in [-0.4, -0.2) is 25.6 Å². The van der Waals surface area contributed by atoms with Crippen molar-refractivity contribution in [3.8, 4) is 11.4 Å². The van der Waals surface area contributed by atoms with Crippen molar-refractivity contribution in [2.24, 2.45) is 4.99 Å². The standard InChI is InChI=1S/C24H19N5/c1-2-16-5-9-21(26-16)22-10-7-19(28-22)14-20-8-12-24(29-20)23-11-6-18(27-23)13-17-4-3-15(1)25-17/h1,3-14,25-27,29H,2H2/b15-1?,17-13+,19-14-. The molecule has 0 aliphatic carbocycles. The molecule has 0 amide bonds. The third-order valence-electron chi connectivity index (χ3n) is 5.28. The van der Waals surface area contributed by atoms with E-state index in [4.69, 9.17) is 4.99 Å². The molecule has 0 saturated carbocycles. The van der Waals surface area contributed by atoms with Gasteiger partial charge in [-0.1, -0.05) is 6.08 Å². The Morgan fingerprint density at radius 3 is 2.24 bits per heavy atom. The Hall–Kier alpha value is -3.99. The quantitative estimate of drug-likeness (QED) is 0.363. The van der Waals surface area contributed by atoms with E-state index in [0.29, 0.717) is 0 Å². The topological polar surface area (TPSA) is 75.5 Å². The maximum atomic E-state index is 4.76. The lowest BCUT2D eigenvalue weighted by Crippen LogP contribution is -2.09. The van der Waals surface area contributed by atoms with Crippen LogP contribution in [0.5, 0.6) is 0 Å². The van der Waals surface area contributed by atoms with Crippen molar-refractivity contribution < 1.29 is 0 Å². The number of aromatic amines is 4. The fraction of sp³-hybridized carbons (Fsp3) is 0.0417. The summed E-state index contributed by atoms with van der Waals surface area (Å²) in [5.41, 5.74) is 8.29. The van der Waals surface area contributed by atoms with E-state index in [1.165, 1.54) is 0 Å². The van der Waals surface area contributed by atoms with Crippen molar-refractivity contribution in [1.29, 1.82) is 0 Å². The summed E-state index contributed by atoms with van der Waals surface area (Å²) in [5, 5.41) is 2.18. The molecule has 0 spiro atoms. The Balaban J connectivity index is 1.50. The number of nitrogens with one attached hydrogen (secondary N) is 4. The zero-order chi connectivity index (χ0) is 19.2. The normalized spacial score (nSPS) is 17.9. The molecule has 6 rings (SSSR count). The summed E-state index contributed by atoms with van der Waals surface area (Å²) < 4.78 is 0. The van der Waals surface area contributed by atoms with Gasteiger partial charge in [0.15, 0.2) is 0 Å². The summed E-state index contributed by atoms with van der Waals surface area (Å²) in [5.74, 6) is 0. The van der Waals surface area contributed by atoms with Crippen LogP contribution in [0.2, 0.25) is 0 Å². The van der Waals surface area contributed by atoms with Crippen LogP contribution in [-0.2, 0) is 6.42 Å². The largest absolute Gasteiger partial charge is 0.357 e. The van der Waals surface area contributed by atoms with Gasteiger partial charge in [-0.2, -0.15) is 0 Å². The van der Waals surface area contributed by atoms with Gasteiger partial charge in [-0.25, -0.2) is 4.99 Å². The molecule has 5 nitrogen and oxygen atoms in total. The summed E-state index contributed by atoms with van der Waals surface area (Å²) in [7, 11) is 0. The molecule has 4 aromatic heterocycles. The first-order chi connectivity index (χ1) is 14.3. The summed E-state index contributed by atoms with van der Waals surface area (Å²) in [6.07, 6.45) is 11.3. The third-order valence-corrected chi connectivity index (χ3v) is 5.28. The van der Waals surface area contributed by atoms with Crippen LogP contribution in [0.1, 0.15) is 22.8 Å². The van der Waals surface area contributed by atoms with Crippen molar-refractivity contribution in [1.82, 2.24) is 19.9 Å². The number of aliphatic imine (C=N–C) groups is 1. The van der Waals surface area contributed by atoms with Crippen LogP contribution in [0.25, 0.3) is 29.6 Å². The van der Waals surface area contributed by atoms with Crippen LogP contribution < -0.4 is 10.7 Å². The minimum Gasteiger partial charge on any atom is -0.357 e. The Morgan fingerprint density at radius 1 is 0.621 bits per heavy atom. The lowest BCUT2D eigenvalue weighted by Gasteiger charge is -1.95. The number of hydrogen-bond acceptors (Lipinski definition) is 1. The summed E-state index contributed by atoms with van der Waals surface area (Å²) >= 11 is 0. The molecule has 29 heavy (non-hydrogen) atoms. The molecular formula is C24H19N5. The fourth-order valence-corrected chi connectivity index (χ4v) is 3.80. The lowest BCUT2D eigenvalue weighted by molar-refractivity contribution is 1.16. The first-order valence-electron chi connectivity index (χ1n) is 9.71. The van der Waals surface area contributed by atoms with Gasteiger partial charge in [-0.05, 0) is 72.8 Å². The van der Waals surface area contributed by atoms with Crippen molar-refractivity contribution in [2.75, 3.05) is 0 Å². The molecule has 0 aromatic carbocycles. The highest BCUT2D eigenvalue weighted by molar-refractivity contribution is 6.10. The molecular weight excluding hydrogens is 358 g/mol. The molecule has 0 unspecified atom stereocenters. The van der Waals surface area contributed by atoms with E-state index in [2.05, 4.69) is 92.8 Å². The van der Waals surface area contributed by atoms with Crippen molar-refractivity contribution >= 4 is 23.9 Å². The van der Waals surface area contributed by atoms with E-state index in [1.807, 2.05) is 6.08 Å². The molecule has 4 N–H and O–H groups in total. The Morgan fingerprint density at radius 2 is 1.38 bits per heavy atom. The molecule has 2 aliphatic rings. The highest BCUT2D eigenvalue weighted by Crippen LogP contribution is 2.22. The Bertz CT molecular complexity index is 1430. The second kappa shape index (κ2) is 6.27. The molecule has 0 atom stereocenters.